The highest BCUT2D eigenvalue weighted by atomic mass is 16.5. The maximum absolute atomic E-state index is 5.93. The molecule has 0 saturated heterocycles. The summed E-state index contributed by atoms with van der Waals surface area (Å²) in [6.07, 6.45) is 4.35. The monoisotopic (exact) mass is 258 g/mol. The van der Waals surface area contributed by atoms with Crippen molar-refractivity contribution in [3.8, 4) is 17.0 Å². The zero-order chi connectivity index (χ0) is 13.8. The van der Waals surface area contributed by atoms with Gasteiger partial charge < -0.3 is 10.5 Å². The third-order valence-corrected chi connectivity index (χ3v) is 2.79. The molecule has 0 aliphatic rings. The van der Waals surface area contributed by atoms with Crippen LogP contribution in [0.25, 0.3) is 11.3 Å². The minimum absolute atomic E-state index is 0.414. The van der Waals surface area contributed by atoms with E-state index in [1.54, 1.807) is 12.4 Å². The second kappa shape index (κ2) is 5.65. The standard InChI is InChI=1S/C14H18N4O/c1-4-5-19-12-6-11(7-16-8-12)13-14(15)18-10(3)9(2)17-13/h6-8H,4-5H2,1-3H3,(H2,15,18). The molecule has 2 N–H and O–H groups in total. The molecule has 0 aliphatic carbocycles. The second-order valence-corrected chi connectivity index (χ2v) is 4.39. The quantitative estimate of drug-likeness (QED) is 0.912. The number of rotatable bonds is 4. The lowest BCUT2D eigenvalue weighted by molar-refractivity contribution is 0.316. The molecule has 0 unspecified atom stereocenters. The lowest BCUT2D eigenvalue weighted by Crippen LogP contribution is -2.03. The van der Waals surface area contributed by atoms with Crippen LogP contribution in [0.3, 0.4) is 0 Å². The van der Waals surface area contributed by atoms with E-state index in [0.717, 1.165) is 29.1 Å². The maximum Gasteiger partial charge on any atom is 0.150 e. The van der Waals surface area contributed by atoms with Crippen molar-refractivity contribution in [2.45, 2.75) is 27.2 Å². The van der Waals surface area contributed by atoms with Gasteiger partial charge in [-0.25, -0.2) is 9.97 Å². The van der Waals surface area contributed by atoms with Gasteiger partial charge in [0.1, 0.15) is 17.3 Å². The molecule has 0 atom stereocenters. The smallest absolute Gasteiger partial charge is 0.150 e. The molecule has 0 aliphatic heterocycles. The average Bonchev–Trinajstić information content (AvgIpc) is 2.41. The lowest BCUT2D eigenvalue weighted by Gasteiger charge is -2.09. The van der Waals surface area contributed by atoms with Crippen molar-refractivity contribution in [1.82, 2.24) is 15.0 Å². The molecule has 0 radical (unpaired) electrons. The Balaban J connectivity index is 2.38. The molecule has 2 heterocycles. The molecule has 5 heteroatoms. The molecule has 19 heavy (non-hydrogen) atoms. The summed E-state index contributed by atoms with van der Waals surface area (Å²) in [7, 11) is 0. The van der Waals surface area contributed by atoms with E-state index in [0.29, 0.717) is 18.1 Å². The molecule has 2 aromatic rings. The SMILES string of the molecule is CCCOc1cncc(-c2nc(C)c(C)nc2N)c1. The number of ether oxygens (including phenoxy) is 1. The van der Waals surface area contributed by atoms with E-state index >= 15 is 0 Å². The maximum atomic E-state index is 5.93. The van der Waals surface area contributed by atoms with Crippen LogP contribution in [0.15, 0.2) is 18.5 Å². The van der Waals surface area contributed by atoms with Crippen LogP contribution in [0.2, 0.25) is 0 Å². The summed E-state index contributed by atoms with van der Waals surface area (Å²) < 4.78 is 5.56. The molecule has 0 amide bonds. The third-order valence-electron chi connectivity index (χ3n) is 2.79. The van der Waals surface area contributed by atoms with Crippen LogP contribution >= 0.6 is 0 Å². The molecular formula is C14H18N4O. The average molecular weight is 258 g/mol. The largest absolute Gasteiger partial charge is 0.492 e. The normalized spacial score (nSPS) is 10.5. The van der Waals surface area contributed by atoms with Gasteiger partial charge in [0.25, 0.3) is 0 Å². The minimum Gasteiger partial charge on any atom is -0.492 e. The first-order valence-corrected chi connectivity index (χ1v) is 6.30. The Hall–Kier alpha value is -2.17. The summed E-state index contributed by atoms with van der Waals surface area (Å²) in [6.45, 7) is 6.53. The molecule has 2 rings (SSSR count). The number of aryl methyl sites for hydroxylation is 2. The third kappa shape index (κ3) is 2.99. The highest BCUT2D eigenvalue weighted by molar-refractivity contribution is 5.70. The van der Waals surface area contributed by atoms with Crippen molar-refractivity contribution < 1.29 is 4.74 Å². The highest BCUT2D eigenvalue weighted by Gasteiger charge is 2.10. The Kier molecular flexibility index (Phi) is 3.94. The highest BCUT2D eigenvalue weighted by Crippen LogP contribution is 2.25. The first-order chi connectivity index (χ1) is 9.11. The van der Waals surface area contributed by atoms with Crippen LogP contribution in [0.5, 0.6) is 5.75 Å². The Bertz CT molecular complexity index is 584. The number of aromatic nitrogens is 3. The van der Waals surface area contributed by atoms with Gasteiger partial charge in [-0.1, -0.05) is 6.92 Å². The van der Waals surface area contributed by atoms with Gasteiger partial charge in [-0.05, 0) is 26.3 Å². The van der Waals surface area contributed by atoms with E-state index in [-0.39, 0.29) is 0 Å². The van der Waals surface area contributed by atoms with Crippen LogP contribution in [0, 0.1) is 13.8 Å². The molecule has 0 saturated carbocycles. The van der Waals surface area contributed by atoms with Crippen LogP contribution in [0.1, 0.15) is 24.7 Å². The van der Waals surface area contributed by atoms with Crippen LogP contribution in [-0.4, -0.2) is 21.6 Å². The molecular weight excluding hydrogens is 240 g/mol. The zero-order valence-electron chi connectivity index (χ0n) is 11.5. The topological polar surface area (TPSA) is 73.9 Å². The van der Waals surface area contributed by atoms with Gasteiger partial charge in [-0.2, -0.15) is 0 Å². The number of nitrogen functional groups attached to an aromatic ring is 1. The van der Waals surface area contributed by atoms with Crippen molar-refractivity contribution in [1.29, 1.82) is 0 Å². The number of anilines is 1. The predicted octanol–water partition coefficient (Wildman–Crippen LogP) is 2.53. The Morgan fingerprint density at radius 1 is 1.16 bits per heavy atom. The van der Waals surface area contributed by atoms with Crippen LogP contribution < -0.4 is 10.5 Å². The fourth-order valence-corrected chi connectivity index (χ4v) is 1.68. The number of hydrogen-bond donors (Lipinski definition) is 1. The first kappa shape index (κ1) is 13.3. The first-order valence-electron chi connectivity index (χ1n) is 6.30. The number of pyridine rings is 1. The molecule has 0 spiro atoms. The number of nitrogens with two attached hydrogens (primary N) is 1. The Morgan fingerprint density at radius 3 is 2.63 bits per heavy atom. The van der Waals surface area contributed by atoms with E-state index in [1.165, 1.54) is 0 Å². The fraction of sp³-hybridized carbons (Fsp3) is 0.357. The van der Waals surface area contributed by atoms with Gasteiger partial charge in [0, 0.05) is 11.8 Å². The molecule has 100 valence electrons. The summed E-state index contributed by atoms with van der Waals surface area (Å²) in [6, 6.07) is 1.89. The molecule has 5 nitrogen and oxygen atoms in total. The summed E-state index contributed by atoms with van der Waals surface area (Å²) in [4.78, 5) is 12.9. The van der Waals surface area contributed by atoms with Crippen LogP contribution in [0.4, 0.5) is 5.82 Å². The van der Waals surface area contributed by atoms with Crippen molar-refractivity contribution in [2.24, 2.45) is 0 Å². The van der Waals surface area contributed by atoms with E-state index in [1.807, 2.05) is 19.9 Å². The van der Waals surface area contributed by atoms with Crippen molar-refractivity contribution >= 4 is 5.82 Å². The number of hydrogen-bond acceptors (Lipinski definition) is 5. The number of nitrogens with zero attached hydrogens (tertiary/aromatic N) is 3. The van der Waals surface area contributed by atoms with Gasteiger partial charge in [0.05, 0.1) is 24.2 Å². The summed E-state index contributed by atoms with van der Waals surface area (Å²) in [5.74, 6) is 1.14. The predicted molar refractivity (Wildman–Crippen MR) is 74.9 cm³/mol. The van der Waals surface area contributed by atoms with Gasteiger partial charge in [0.2, 0.25) is 0 Å². The summed E-state index contributed by atoms with van der Waals surface area (Å²) in [5.41, 5.74) is 9.11. The van der Waals surface area contributed by atoms with Crippen molar-refractivity contribution in [3.05, 3.63) is 29.8 Å². The van der Waals surface area contributed by atoms with Gasteiger partial charge in [0.15, 0.2) is 0 Å². The van der Waals surface area contributed by atoms with Crippen LogP contribution in [-0.2, 0) is 0 Å². The van der Waals surface area contributed by atoms with Gasteiger partial charge >= 0.3 is 0 Å². The van der Waals surface area contributed by atoms with E-state index < -0.39 is 0 Å². The molecule has 2 aromatic heterocycles. The van der Waals surface area contributed by atoms with Gasteiger partial charge in [-0.15, -0.1) is 0 Å². The summed E-state index contributed by atoms with van der Waals surface area (Å²) >= 11 is 0. The lowest BCUT2D eigenvalue weighted by atomic mass is 10.2. The molecule has 0 aromatic carbocycles. The van der Waals surface area contributed by atoms with E-state index in [4.69, 9.17) is 10.5 Å². The van der Waals surface area contributed by atoms with E-state index in [9.17, 15) is 0 Å². The molecule has 0 bridgehead atoms. The minimum atomic E-state index is 0.414. The van der Waals surface area contributed by atoms with Crippen molar-refractivity contribution in [3.63, 3.8) is 0 Å². The van der Waals surface area contributed by atoms with Gasteiger partial charge in [-0.3, -0.25) is 4.98 Å². The molecule has 0 fully saturated rings. The Morgan fingerprint density at radius 2 is 1.89 bits per heavy atom. The fourth-order valence-electron chi connectivity index (χ4n) is 1.68. The summed E-state index contributed by atoms with van der Waals surface area (Å²) in [5, 5.41) is 0. The zero-order valence-corrected chi connectivity index (χ0v) is 11.5. The Labute approximate surface area is 112 Å². The second-order valence-electron chi connectivity index (χ2n) is 4.39. The van der Waals surface area contributed by atoms with Crippen molar-refractivity contribution in [2.75, 3.05) is 12.3 Å². The van der Waals surface area contributed by atoms with E-state index in [2.05, 4.69) is 21.9 Å².